The van der Waals surface area contributed by atoms with Gasteiger partial charge < -0.3 is 19.5 Å². The standard InChI is InChI=1S/C22H22F3N3O5S.C21H19F3N4O4S/c23-22(24,25)20(30)26-14-19(29)17-8-6-16(7-9-17)15-28(18-4-2-1-3-5-18)21(31)27-10-12-34(32,33)13-11-27;22-21(23,24)19-26-25-18(32-19)16-8-6-15(7-9-16)14-28(17-4-2-1-3-5-17)20(29)27-10-12-33(30,31)13-11-27/h1-9H,10-15H2,(H,26,30);1-9H,10-14H2. The largest absolute Gasteiger partial charge is 0.471 e. The minimum atomic E-state index is -5.07. The first-order valence-electron chi connectivity index (χ1n) is 20.2. The molecule has 1 N–H and O–H groups in total. The zero-order valence-corrected chi connectivity index (χ0v) is 36.7. The normalized spacial score (nSPS) is 15.7. The third-order valence-corrected chi connectivity index (χ3v) is 13.5. The van der Waals surface area contributed by atoms with E-state index in [1.165, 1.54) is 49.2 Å². The summed E-state index contributed by atoms with van der Waals surface area (Å²) in [6, 6.07) is 29.3. The lowest BCUT2D eigenvalue weighted by Crippen LogP contribution is -2.49. The summed E-state index contributed by atoms with van der Waals surface area (Å²) in [5.41, 5.74) is 2.97. The van der Waals surface area contributed by atoms with Gasteiger partial charge in [0.15, 0.2) is 25.5 Å². The van der Waals surface area contributed by atoms with Crippen LogP contribution in [-0.4, -0.2) is 122 Å². The predicted molar refractivity (Wildman–Crippen MR) is 231 cm³/mol. The monoisotopic (exact) mass is 977 g/mol. The highest BCUT2D eigenvalue weighted by molar-refractivity contribution is 7.91. The molecule has 2 aliphatic rings. The number of Topliss-reactive ketones (excluding diaryl/α,β-unsaturated/α-hetero) is 1. The van der Waals surface area contributed by atoms with Gasteiger partial charge in [-0.25, -0.2) is 26.4 Å². The van der Waals surface area contributed by atoms with Crippen molar-refractivity contribution in [3.05, 3.63) is 132 Å². The van der Waals surface area contributed by atoms with Crippen molar-refractivity contribution in [2.45, 2.75) is 25.4 Å². The van der Waals surface area contributed by atoms with E-state index in [1.807, 2.05) is 6.07 Å². The third-order valence-electron chi connectivity index (χ3n) is 10.3. The number of amides is 5. The molecule has 0 saturated carbocycles. The minimum Gasteiger partial charge on any atom is -0.413 e. The Morgan fingerprint density at radius 2 is 1.01 bits per heavy atom. The third kappa shape index (κ3) is 13.6. The number of halogens is 6. The molecular formula is C43H41F6N7O9S2. The van der Waals surface area contributed by atoms with E-state index in [0.717, 1.165) is 0 Å². The molecule has 0 radical (unpaired) electrons. The molecular weight excluding hydrogens is 937 g/mol. The van der Waals surface area contributed by atoms with Gasteiger partial charge in [-0.15, -0.1) is 10.2 Å². The molecule has 5 amide bonds. The predicted octanol–water partition coefficient (Wildman–Crippen LogP) is 6.02. The van der Waals surface area contributed by atoms with Gasteiger partial charge in [0.25, 0.3) is 0 Å². The first kappa shape index (κ1) is 49.6. The van der Waals surface area contributed by atoms with Gasteiger partial charge in [0.05, 0.1) is 42.6 Å². The SMILES string of the molecule is O=C(CNC(=O)C(F)(F)F)c1ccc(CN(C(=O)N2CCS(=O)(=O)CC2)c2ccccc2)cc1.O=C(N1CCS(=O)(=O)CC1)N(Cc1ccc(-c2nnc(C(F)(F)F)o2)cc1)c1ccccc1. The van der Waals surface area contributed by atoms with Crippen LogP contribution in [0, 0.1) is 0 Å². The zero-order valence-electron chi connectivity index (χ0n) is 35.1. The topological polar surface area (TPSA) is 200 Å². The molecule has 356 valence electrons. The molecule has 4 aromatic carbocycles. The van der Waals surface area contributed by atoms with Crippen molar-refractivity contribution in [2.24, 2.45) is 0 Å². The van der Waals surface area contributed by atoms with Crippen LogP contribution >= 0.6 is 0 Å². The summed E-state index contributed by atoms with van der Waals surface area (Å²) in [5.74, 6) is -4.97. The number of benzene rings is 4. The van der Waals surface area contributed by atoms with Crippen LogP contribution in [0.4, 0.5) is 47.3 Å². The highest BCUT2D eigenvalue weighted by atomic mass is 32.2. The van der Waals surface area contributed by atoms with E-state index < -0.39 is 56.2 Å². The zero-order chi connectivity index (χ0) is 48.6. The van der Waals surface area contributed by atoms with Gasteiger partial charge in [-0.05, 0) is 47.5 Å². The van der Waals surface area contributed by atoms with Crippen molar-refractivity contribution < 1.29 is 66.8 Å². The number of urea groups is 2. The lowest BCUT2D eigenvalue weighted by atomic mass is 10.1. The Balaban J connectivity index is 0.000000221. The molecule has 7 rings (SSSR count). The molecule has 2 fully saturated rings. The molecule has 0 spiro atoms. The molecule has 0 atom stereocenters. The smallest absolute Gasteiger partial charge is 0.413 e. The van der Waals surface area contributed by atoms with Crippen LogP contribution in [0.2, 0.25) is 0 Å². The number of para-hydroxylation sites is 2. The Hall–Kier alpha value is -6.82. The van der Waals surface area contributed by atoms with Crippen LogP contribution < -0.4 is 15.1 Å². The Labute approximate surface area is 380 Å². The van der Waals surface area contributed by atoms with Crippen LogP contribution in [-0.2, 0) is 43.7 Å². The molecule has 0 aliphatic carbocycles. The van der Waals surface area contributed by atoms with Gasteiger partial charge in [0, 0.05) is 48.7 Å². The number of alkyl halides is 6. The molecule has 2 saturated heterocycles. The van der Waals surface area contributed by atoms with E-state index >= 15 is 0 Å². The average Bonchev–Trinajstić information content (AvgIpc) is 3.81. The van der Waals surface area contributed by atoms with Gasteiger partial charge in [-0.2, -0.15) is 26.3 Å². The number of anilines is 2. The quantitative estimate of drug-likeness (QED) is 0.127. The Kier molecular flexibility index (Phi) is 15.4. The summed E-state index contributed by atoms with van der Waals surface area (Å²) in [7, 11) is -6.30. The fourth-order valence-corrected chi connectivity index (χ4v) is 9.04. The second kappa shape index (κ2) is 20.8. The van der Waals surface area contributed by atoms with Gasteiger partial charge >= 0.3 is 36.2 Å². The lowest BCUT2D eigenvalue weighted by Gasteiger charge is -2.33. The lowest BCUT2D eigenvalue weighted by molar-refractivity contribution is -0.173. The number of hydrogen-bond acceptors (Lipinski definition) is 11. The maximum Gasteiger partial charge on any atom is 0.471 e. The van der Waals surface area contributed by atoms with E-state index in [0.29, 0.717) is 28.1 Å². The second-order valence-electron chi connectivity index (χ2n) is 15.1. The summed E-state index contributed by atoms with van der Waals surface area (Å²) in [6.45, 7) is -0.118. The first-order valence-corrected chi connectivity index (χ1v) is 23.8. The van der Waals surface area contributed by atoms with Crippen LogP contribution in [0.25, 0.3) is 11.5 Å². The molecule has 1 aromatic heterocycles. The van der Waals surface area contributed by atoms with E-state index in [-0.39, 0.29) is 85.8 Å². The summed E-state index contributed by atoms with van der Waals surface area (Å²) in [5, 5.41) is 7.98. The number of nitrogens with zero attached hydrogens (tertiary/aromatic N) is 6. The number of hydrogen-bond donors (Lipinski definition) is 1. The number of nitrogens with one attached hydrogen (secondary N) is 1. The number of aromatic nitrogens is 2. The van der Waals surface area contributed by atoms with Crippen LogP contribution in [0.3, 0.4) is 0 Å². The molecule has 0 unspecified atom stereocenters. The number of ketones is 1. The molecule has 67 heavy (non-hydrogen) atoms. The Bertz CT molecular complexity index is 2730. The van der Waals surface area contributed by atoms with E-state index in [9.17, 15) is 62.4 Å². The Morgan fingerprint density at radius 3 is 1.40 bits per heavy atom. The van der Waals surface area contributed by atoms with Crippen molar-refractivity contribution in [1.29, 1.82) is 0 Å². The Morgan fingerprint density at radius 1 is 0.597 bits per heavy atom. The van der Waals surface area contributed by atoms with Crippen LogP contribution in [0.15, 0.2) is 114 Å². The van der Waals surface area contributed by atoms with Crippen molar-refractivity contribution >= 4 is 54.8 Å². The van der Waals surface area contributed by atoms with Crippen molar-refractivity contribution in [1.82, 2.24) is 25.3 Å². The van der Waals surface area contributed by atoms with Gasteiger partial charge in [-0.3, -0.25) is 19.4 Å². The maximum atomic E-state index is 13.2. The van der Waals surface area contributed by atoms with E-state index in [2.05, 4.69) is 10.2 Å². The summed E-state index contributed by atoms with van der Waals surface area (Å²) >= 11 is 0. The van der Waals surface area contributed by atoms with Gasteiger partial charge in [0.1, 0.15) is 0 Å². The average molecular weight is 978 g/mol. The molecule has 3 heterocycles. The fourth-order valence-electron chi connectivity index (χ4n) is 6.63. The fraction of sp³-hybridized carbons (Fsp3) is 0.302. The molecule has 0 bridgehead atoms. The van der Waals surface area contributed by atoms with Crippen molar-refractivity contribution in [3.63, 3.8) is 0 Å². The molecule has 2 aliphatic heterocycles. The van der Waals surface area contributed by atoms with Crippen LogP contribution in [0.1, 0.15) is 27.4 Å². The van der Waals surface area contributed by atoms with Crippen molar-refractivity contribution in [3.8, 4) is 11.5 Å². The summed E-state index contributed by atoms with van der Waals surface area (Å²) in [6.07, 6.45) is -9.80. The van der Waals surface area contributed by atoms with Crippen LogP contribution in [0.5, 0.6) is 0 Å². The summed E-state index contributed by atoms with van der Waals surface area (Å²) in [4.78, 5) is 55.4. The molecule has 16 nitrogen and oxygen atoms in total. The van der Waals surface area contributed by atoms with E-state index in [1.54, 1.807) is 78.9 Å². The maximum absolute atomic E-state index is 13.2. The first-order chi connectivity index (χ1) is 31.6. The van der Waals surface area contributed by atoms with Crippen molar-refractivity contribution in [2.75, 3.05) is 65.5 Å². The highest BCUT2D eigenvalue weighted by Crippen LogP contribution is 2.31. The second-order valence-corrected chi connectivity index (χ2v) is 19.7. The highest BCUT2D eigenvalue weighted by Gasteiger charge is 2.39. The number of rotatable bonds is 10. The number of carbonyl (C=O) groups excluding carboxylic acids is 4. The van der Waals surface area contributed by atoms with Gasteiger partial charge in [-0.1, -0.05) is 72.8 Å². The minimum absolute atomic E-state index is 0.0832. The molecule has 5 aromatic rings. The number of sulfone groups is 2. The molecule has 24 heteroatoms. The van der Waals surface area contributed by atoms with Gasteiger partial charge in [0.2, 0.25) is 5.89 Å². The summed E-state index contributed by atoms with van der Waals surface area (Å²) < 4.78 is 126. The number of carbonyl (C=O) groups is 4. The van der Waals surface area contributed by atoms with E-state index in [4.69, 9.17) is 4.42 Å².